The molecule has 13 heteroatoms. The summed E-state index contributed by atoms with van der Waals surface area (Å²) in [5.41, 5.74) is 3.14. The number of rotatable bonds is 7. The van der Waals surface area contributed by atoms with Crippen molar-refractivity contribution in [1.29, 1.82) is 5.26 Å². The number of fused-ring (bicyclic) bond motifs is 1. The van der Waals surface area contributed by atoms with Crippen molar-refractivity contribution >= 4 is 44.9 Å². The standard InChI is InChI=1S/C29H29FN8O3S/c1-16-3-5-17(6-4-16)23-22(10-31)42-28(32-23)35(2)26-19-9-20(24(30)33-25(19)34-38(26)18-7-8-18)36-12-29(13-36)14-37(15-29)27(41)21(40)11-39/h3-6,9,18,21,39-40H,7-8,11-15H2,1-2H3. The van der Waals surface area contributed by atoms with E-state index in [1.165, 1.54) is 16.2 Å². The Morgan fingerprint density at radius 1 is 1.24 bits per heavy atom. The molecule has 1 aromatic carbocycles. The molecule has 7 rings (SSSR count). The Kier molecular flexibility index (Phi) is 6.19. The molecule has 2 saturated heterocycles. The van der Waals surface area contributed by atoms with E-state index in [1.54, 1.807) is 6.07 Å². The van der Waals surface area contributed by atoms with Crippen molar-refractivity contribution in [1.82, 2.24) is 24.6 Å². The van der Waals surface area contributed by atoms with E-state index in [9.17, 15) is 15.2 Å². The second-order valence-corrected chi connectivity index (χ2v) is 12.6. The van der Waals surface area contributed by atoms with Crippen LogP contribution in [-0.2, 0) is 4.79 Å². The molecule has 2 N–H and O–H groups in total. The number of pyridine rings is 1. The van der Waals surface area contributed by atoms with Crippen molar-refractivity contribution < 1.29 is 19.4 Å². The van der Waals surface area contributed by atoms with Gasteiger partial charge < -0.3 is 24.9 Å². The second kappa shape index (κ2) is 9.72. The van der Waals surface area contributed by atoms with Gasteiger partial charge in [-0.3, -0.25) is 4.79 Å². The number of carbonyl (C=O) groups excluding carboxylic acids is 1. The fourth-order valence-corrected chi connectivity index (χ4v) is 6.83. The number of aliphatic hydroxyl groups is 2. The summed E-state index contributed by atoms with van der Waals surface area (Å²) >= 11 is 1.30. The van der Waals surface area contributed by atoms with E-state index in [0.29, 0.717) is 58.6 Å². The van der Waals surface area contributed by atoms with Crippen molar-refractivity contribution in [3.8, 4) is 17.3 Å². The molecule has 216 valence electrons. The number of benzene rings is 1. The van der Waals surface area contributed by atoms with Crippen LogP contribution in [0.2, 0.25) is 0 Å². The zero-order valence-corrected chi connectivity index (χ0v) is 24.0. The van der Waals surface area contributed by atoms with Crippen LogP contribution in [-0.4, -0.2) is 86.7 Å². The van der Waals surface area contributed by atoms with Crippen LogP contribution in [0, 0.1) is 29.6 Å². The number of hydrogen-bond donors (Lipinski definition) is 2. The van der Waals surface area contributed by atoms with Gasteiger partial charge >= 0.3 is 0 Å². The van der Waals surface area contributed by atoms with Crippen LogP contribution in [0.25, 0.3) is 22.3 Å². The number of anilines is 3. The molecule has 0 bridgehead atoms. The van der Waals surface area contributed by atoms with E-state index in [4.69, 9.17) is 10.1 Å². The van der Waals surface area contributed by atoms with Crippen molar-refractivity contribution in [3.63, 3.8) is 0 Å². The monoisotopic (exact) mass is 588 g/mol. The molecule has 5 heterocycles. The fraction of sp³-hybridized carbons (Fsp3) is 0.414. The molecular formula is C29H29FN8O3S. The molecule has 3 aromatic heterocycles. The van der Waals surface area contributed by atoms with E-state index < -0.39 is 24.6 Å². The maximum Gasteiger partial charge on any atom is 0.253 e. The number of aliphatic hydroxyl groups excluding tert-OH is 2. The average Bonchev–Trinajstić information content (AvgIpc) is 3.59. The van der Waals surface area contributed by atoms with Crippen molar-refractivity contribution in [3.05, 3.63) is 46.7 Å². The lowest BCUT2D eigenvalue weighted by atomic mass is 9.72. The molecule has 42 heavy (non-hydrogen) atoms. The number of thiazole rings is 1. The zero-order valence-electron chi connectivity index (χ0n) is 23.2. The van der Waals surface area contributed by atoms with Gasteiger partial charge in [0.1, 0.15) is 22.5 Å². The SMILES string of the molecule is Cc1ccc(-c2nc(N(C)c3c4cc(N5CC6(CN(C(=O)C(O)CO)C6)C5)c(F)nc4nn3C3CC3)sc2C#N)cc1. The van der Waals surface area contributed by atoms with Crippen LogP contribution < -0.4 is 9.80 Å². The van der Waals surface area contributed by atoms with E-state index in [1.807, 2.05) is 52.7 Å². The molecule has 11 nitrogen and oxygen atoms in total. The first kappa shape index (κ1) is 26.8. The van der Waals surface area contributed by atoms with Crippen LogP contribution >= 0.6 is 11.3 Å². The summed E-state index contributed by atoms with van der Waals surface area (Å²) in [5, 5.41) is 34.6. The third kappa shape index (κ3) is 4.29. The maximum absolute atomic E-state index is 15.3. The smallest absolute Gasteiger partial charge is 0.253 e. The molecule has 1 saturated carbocycles. The number of likely N-dealkylation sites (tertiary alicyclic amines) is 1. The van der Waals surface area contributed by atoms with E-state index in [-0.39, 0.29) is 11.5 Å². The van der Waals surface area contributed by atoms with Crippen molar-refractivity contribution in [2.24, 2.45) is 5.41 Å². The summed E-state index contributed by atoms with van der Waals surface area (Å²) in [5.74, 6) is -0.329. The molecule has 1 amide bonds. The molecular weight excluding hydrogens is 559 g/mol. The van der Waals surface area contributed by atoms with Gasteiger partial charge in [0.15, 0.2) is 16.9 Å². The van der Waals surface area contributed by atoms with Gasteiger partial charge in [-0.15, -0.1) is 0 Å². The number of halogens is 1. The minimum Gasteiger partial charge on any atom is -0.393 e. The van der Waals surface area contributed by atoms with Crippen LogP contribution in [0.4, 0.5) is 21.0 Å². The van der Waals surface area contributed by atoms with E-state index >= 15 is 4.39 Å². The number of hydrogen-bond acceptors (Lipinski definition) is 10. The summed E-state index contributed by atoms with van der Waals surface area (Å²) in [6, 6.07) is 12.2. The van der Waals surface area contributed by atoms with Gasteiger partial charge in [-0.25, -0.2) is 9.67 Å². The topological polar surface area (TPSA) is 135 Å². The minimum atomic E-state index is -1.41. The van der Waals surface area contributed by atoms with Gasteiger partial charge in [0.2, 0.25) is 5.95 Å². The number of aromatic nitrogens is 4. The van der Waals surface area contributed by atoms with Gasteiger partial charge in [0, 0.05) is 44.2 Å². The molecule has 3 aliphatic rings. The predicted molar refractivity (Wildman–Crippen MR) is 155 cm³/mol. The lowest BCUT2D eigenvalue weighted by Gasteiger charge is -2.61. The van der Waals surface area contributed by atoms with Crippen LogP contribution in [0.15, 0.2) is 30.3 Å². The summed E-state index contributed by atoms with van der Waals surface area (Å²) < 4.78 is 17.2. The Morgan fingerprint density at radius 2 is 1.95 bits per heavy atom. The number of carbonyl (C=O) groups is 1. The van der Waals surface area contributed by atoms with E-state index in [2.05, 4.69) is 16.2 Å². The van der Waals surface area contributed by atoms with Gasteiger partial charge in [-0.2, -0.15) is 19.7 Å². The van der Waals surface area contributed by atoms with Crippen LogP contribution in [0.3, 0.4) is 0 Å². The Balaban J connectivity index is 1.20. The summed E-state index contributed by atoms with van der Waals surface area (Å²) in [7, 11) is 1.89. The van der Waals surface area contributed by atoms with Gasteiger partial charge in [0.25, 0.3) is 5.91 Å². The Labute approximate surface area is 245 Å². The highest BCUT2D eigenvalue weighted by Gasteiger charge is 2.54. The highest BCUT2D eigenvalue weighted by Crippen LogP contribution is 2.46. The van der Waals surface area contributed by atoms with Gasteiger partial charge in [-0.05, 0) is 25.8 Å². The van der Waals surface area contributed by atoms with Crippen molar-refractivity contribution in [2.45, 2.75) is 31.9 Å². The van der Waals surface area contributed by atoms with Gasteiger partial charge in [0.05, 0.1) is 23.7 Å². The molecule has 2 aliphatic heterocycles. The fourth-order valence-electron chi connectivity index (χ4n) is 5.98. The quantitative estimate of drug-likeness (QED) is 0.313. The summed E-state index contributed by atoms with van der Waals surface area (Å²) in [6.45, 7) is 3.42. The van der Waals surface area contributed by atoms with Crippen LogP contribution in [0.5, 0.6) is 0 Å². The van der Waals surface area contributed by atoms with Gasteiger partial charge in [-0.1, -0.05) is 41.2 Å². The highest BCUT2D eigenvalue weighted by atomic mass is 32.1. The zero-order chi connectivity index (χ0) is 29.3. The van der Waals surface area contributed by atoms with Crippen LogP contribution in [0.1, 0.15) is 29.3 Å². The first-order valence-electron chi connectivity index (χ1n) is 13.8. The normalized spacial score (nSPS) is 18.1. The molecule has 3 fully saturated rings. The number of aryl methyl sites for hydroxylation is 1. The second-order valence-electron chi connectivity index (χ2n) is 11.6. The minimum absolute atomic E-state index is 0.162. The largest absolute Gasteiger partial charge is 0.393 e. The molecule has 1 unspecified atom stereocenters. The highest BCUT2D eigenvalue weighted by molar-refractivity contribution is 7.16. The number of amides is 1. The summed E-state index contributed by atoms with van der Waals surface area (Å²) in [4.78, 5) is 27.1. The van der Waals surface area contributed by atoms with Crippen molar-refractivity contribution in [2.75, 3.05) is 49.6 Å². The average molecular weight is 589 g/mol. The first-order chi connectivity index (χ1) is 20.2. The molecule has 1 spiro atoms. The molecule has 4 aromatic rings. The lowest BCUT2D eigenvalue weighted by molar-refractivity contribution is -0.156. The Hall–Kier alpha value is -4.12. The molecule has 1 aliphatic carbocycles. The third-order valence-corrected chi connectivity index (χ3v) is 9.39. The van der Waals surface area contributed by atoms with E-state index in [0.717, 1.165) is 29.8 Å². The predicted octanol–water partition coefficient (Wildman–Crippen LogP) is 2.98. The maximum atomic E-state index is 15.3. The molecule has 0 radical (unpaired) electrons. The first-order valence-corrected chi connectivity index (χ1v) is 14.6. The number of nitriles is 1. The molecule has 1 atom stereocenters. The Morgan fingerprint density at radius 3 is 2.60 bits per heavy atom. The summed E-state index contributed by atoms with van der Waals surface area (Å²) in [6.07, 6.45) is 0.528. The number of nitrogens with zero attached hydrogens (tertiary/aromatic N) is 8. The lowest BCUT2D eigenvalue weighted by Crippen LogP contribution is -2.74. The third-order valence-electron chi connectivity index (χ3n) is 8.35. The Bertz CT molecular complexity index is 1750.